The number of hydrogen-bond donors (Lipinski definition) is 0. The zero-order chi connectivity index (χ0) is 25.4. The minimum absolute atomic E-state index is 0.100. The number of benzene rings is 3. The van der Waals surface area contributed by atoms with E-state index in [1.807, 2.05) is 31.2 Å². The molecule has 1 unspecified atom stereocenters. The van der Waals surface area contributed by atoms with E-state index in [4.69, 9.17) is 4.74 Å². The maximum absolute atomic E-state index is 13.5. The van der Waals surface area contributed by atoms with Crippen molar-refractivity contribution in [3.63, 3.8) is 0 Å². The first-order valence-electron chi connectivity index (χ1n) is 11.2. The van der Waals surface area contributed by atoms with Crippen molar-refractivity contribution in [2.75, 3.05) is 6.61 Å². The van der Waals surface area contributed by atoms with E-state index in [9.17, 15) is 22.8 Å². The molecule has 7 heteroatoms. The van der Waals surface area contributed by atoms with Crippen molar-refractivity contribution in [1.82, 2.24) is 4.90 Å². The van der Waals surface area contributed by atoms with E-state index < -0.39 is 23.8 Å². The molecule has 0 bridgehead atoms. The van der Waals surface area contributed by atoms with Crippen LogP contribution in [0.5, 0.6) is 0 Å². The average molecular weight is 482 g/mol. The molecule has 0 aliphatic carbocycles. The Labute approximate surface area is 202 Å². The van der Waals surface area contributed by atoms with E-state index in [1.165, 1.54) is 18.2 Å². The Kier molecular flexibility index (Phi) is 8.47. The molecule has 0 aliphatic rings. The van der Waals surface area contributed by atoms with Gasteiger partial charge in [0, 0.05) is 18.2 Å². The molecule has 1 amide bonds. The molecule has 0 saturated carbocycles. The Morgan fingerprint density at radius 1 is 0.943 bits per heavy atom. The van der Waals surface area contributed by atoms with Crippen LogP contribution in [-0.2, 0) is 22.3 Å². The second-order valence-electron chi connectivity index (χ2n) is 7.88. The summed E-state index contributed by atoms with van der Waals surface area (Å²) in [4.78, 5) is 26.9. The molecule has 182 valence electrons. The van der Waals surface area contributed by atoms with E-state index >= 15 is 0 Å². The van der Waals surface area contributed by atoms with Gasteiger partial charge >= 0.3 is 12.1 Å². The minimum Gasteiger partial charge on any atom is -0.463 e. The second-order valence-corrected chi connectivity index (χ2v) is 7.88. The summed E-state index contributed by atoms with van der Waals surface area (Å²) in [5, 5.41) is 0. The van der Waals surface area contributed by atoms with Crippen LogP contribution in [0.3, 0.4) is 0 Å². The number of nitrogens with zero attached hydrogens (tertiary/aromatic N) is 1. The molecule has 0 heterocycles. The highest BCUT2D eigenvalue weighted by molar-refractivity contribution is 5.94. The quantitative estimate of drug-likeness (QED) is 0.266. The Hall–Kier alpha value is -3.87. The lowest BCUT2D eigenvalue weighted by Gasteiger charge is -2.31. The van der Waals surface area contributed by atoms with Crippen LogP contribution in [-0.4, -0.2) is 23.4 Å². The van der Waals surface area contributed by atoms with E-state index in [0.717, 1.165) is 23.3 Å². The summed E-state index contributed by atoms with van der Waals surface area (Å²) in [6.07, 6.45) is -1.48. The Bertz CT molecular complexity index is 1170. The lowest BCUT2D eigenvalue weighted by molar-refractivity contribution is -0.138. The fourth-order valence-corrected chi connectivity index (χ4v) is 3.69. The van der Waals surface area contributed by atoms with Gasteiger partial charge in [-0.25, -0.2) is 4.79 Å². The molecule has 0 aromatic heterocycles. The van der Waals surface area contributed by atoms with Crippen LogP contribution in [0.4, 0.5) is 13.2 Å². The van der Waals surface area contributed by atoms with Crippen molar-refractivity contribution < 1.29 is 27.5 Å². The van der Waals surface area contributed by atoms with Crippen LogP contribution in [0.1, 0.15) is 52.5 Å². The largest absolute Gasteiger partial charge is 0.463 e. The predicted octanol–water partition coefficient (Wildman–Crippen LogP) is 6.69. The van der Waals surface area contributed by atoms with E-state index in [1.54, 1.807) is 48.2 Å². The summed E-state index contributed by atoms with van der Waals surface area (Å²) in [7, 11) is 0. The summed E-state index contributed by atoms with van der Waals surface area (Å²) >= 11 is 0. The molecule has 4 nitrogen and oxygen atoms in total. The molecule has 0 spiro atoms. The van der Waals surface area contributed by atoms with Crippen LogP contribution in [0, 0.1) is 0 Å². The van der Waals surface area contributed by atoms with Gasteiger partial charge in [-0.15, -0.1) is 0 Å². The SMILES string of the molecule is CCOC(=O)/C=C/c1ccccc1C(C)N(Cc1ccc(C(F)(F)F)cc1)C(=O)c1ccccc1. The van der Waals surface area contributed by atoms with Crippen LogP contribution in [0.2, 0.25) is 0 Å². The summed E-state index contributed by atoms with van der Waals surface area (Å²) in [5.41, 5.74) is 1.79. The third-order valence-electron chi connectivity index (χ3n) is 5.51. The number of hydrogen-bond acceptors (Lipinski definition) is 3. The second kappa shape index (κ2) is 11.5. The molecule has 3 aromatic carbocycles. The van der Waals surface area contributed by atoms with Crippen molar-refractivity contribution in [2.24, 2.45) is 0 Å². The number of carbonyl (C=O) groups excluding carboxylic acids is 2. The number of alkyl halides is 3. The fraction of sp³-hybridized carbons (Fsp3) is 0.214. The lowest BCUT2D eigenvalue weighted by atomic mass is 9.98. The first kappa shape index (κ1) is 25.7. The molecule has 35 heavy (non-hydrogen) atoms. The fourth-order valence-electron chi connectivity index (χ4n) is 3.69. The minimum atomic E-state index is -4.43. The Morgan fingerprint density at radius 3 is 2.20 bits per heavy atom. The monoisotopic (exact) mass is 481 g/mol. The molecule has 0 aliphatic heterocycles. The third-order valence-corrected chi connectivity index (χ3v) is 5.51. The normalized spacial score (nSPS) is 12.4. The van der Waals surface area contributed by atoms with Gasteiger partial charge in [0.05, 0.1) is 18.2 Å². The van der Waals surface area contributed by atoms with Crippen LogP contribution in [0.15, 0.2) is 84.9 Å². The summed E-state index contributed by atoms with van der Waals surface area (Å²) in [6, 6.07) is 20.4. The lowest BCUT2D eigenvalue weighted by Crippen LogP contribution is -2.33. The highest BCUT2D eigenvalue weighted by atomic mass is 19.4. The number of amides is 1. The Balaban J connectivity index is 1.97. The molecule has 3 aromatic rings. The molecular weight excluding hydrogens is 455 g/mol. The summed E-state index contributed by atoms with van der Waals surface area (Å²) < 4.78 is 43.9. The van der Waals surface area contributed by atoms with Gasteiger partial charge in [-0.3, -0.25) is 4.79 Å². The van der Waals surface area contributed by atoms with Crippen LogP contribution in [0.25, 0.3) is 6.08 Å². The number of carbonyl (C=O) groups is 2. The molecule has 0 N–H and O–H groups in total. The topological polar surface area (TPSA) is 46.6 Å². The summed E-state index contributed by atoms with van der Waals surface area (Å²) in [5.74, 6) is -0.737. The predicted molar refractivity (Wildman–Crippen MR) is 128 cm³/mol. The third kappa shape index (κ3) is 6.82. The van der Waals surface area contributed by atoms with Crippen molar-refractivity contribution in [3.05, 3.63) is 113 Å². The van der Waals surface area contributed by atoms with Crippen molar-refractivity contribution in [2.45, 2.75) is 32.6 Å². The molecule has 0 saturated heterocycles. The standard InChI is InChI=1S/C28H26F3NO3/c1-3-35-26(33)18-15-22-9-7-8-12-25(22)20(2)32(27(34)23-10-5-4-6-11-23)19-21-13-16-24(17-14-21)28(29,30)31/h4-18,20H,3,19H2,1-2H3/b18-15+. The highest BCUT2D eigenvalue weighted by Crippen LogP contribution is 2.31. The summed E-state index contributed by atoms with van der Waals surface area (Å²) in [6.45, 7) is 3.93. The number of ether oxygens (including phenoxy) is 1. The van der Waals surface area contributed by atoms with Gasteiger partial charge in [0.1, 0.15) is 0 Å². The van der Waals surface area contributed by atoms with E-state index in [0.29, 0.717) is 11.1 Å². The van der Waals surface area contributed by atoms with Crippen molar-refractivity contribution in [1.29, 1.82) is 0 Å². The van der Waals surface area contributed by atoms with Crippen LogP contribution < -0.4 is 0 Å². The van der Waals surface area contributed by atoms with Gasteiger partial charge in [-0.05, 0) is 60.9 Å². The highest BCUT2D eigenvalue weighted by Gasteiger charge is 2.30. The molecule has 0 radical (unpaired) electrons. The Morgan fingerprint density at radius 2 is 1.57 bits per heavy atom. The molecular formula is C28H26F3NO3. The van der Waals surface area contributed by atoms with Crippen molar-refractivity contribution in [3.8, 4) is 0 Å². The van der Waals surface area contributed by atoms with E-state index in [-0.39, 0.29) is 19.1 Å². The van der Waals surface area contributed by atoms with Gasteiger partial charge < -0.3 is 9.64 Å². The van der Waals surface area contributed by atoms with Crippen LogP contribution >= 0.6 is 0 Å². The first-order chi connectivity index (χ1) is 16.7. The molecule has 3 rings (SSSR count). The van der Waals surface area contributed by atoms with E-state index in [2.05, 4.69) is 0 Å². The van der Waals surface area contributed by atoms with Gasteiger partial charge in [-0.1, -0.05) is 54.6 Å². The molecule has 1 atom stereocenters. The smallest absolute Gasteiger partial charge is 0.416 e. The van der Waals surface area contributed by atoms with Gasteiger partial charge in [-0.2, -0.15) is 13.2 Å². The first-order valence-corrected chi connectivity index (χ1v) is 11.2. The number of rotatable bonds is 8. The average Bonchev–Trinajstić information content (AvgIpc) is 2.86. The zero-order valence-electron chi connectivity index (χ0n) is 19.5. The number of halogens is 3. The maximum atomic E-state index is 13.5. The number of esters is 1. The maximum Gasteiger partial charge on any atom is 0.416 e. The molecule has 0 fully saturated rings. The zero-order valence-corrected chi connectivity index (χ0v) is 19.5. The van der Waals surface area contributed by atoms with Gasteiger partial charge in [0.2, 0.25) is 0 Å². The van der Waals surface area contributed by atoms with Gasteiger partial charge in [0.15, 0.2) is 0 Å². The van der Waals surface area contributed by atoms with Crippen molar-refractivity contribution >= 4 is 18.0 Å². The van der Waals surface area contributed by atoms with Gasteiger partial charge in [0.25, 0.3) is 5.91 Å².